The van der Waals surface area contributed by atoms with Crippen LogP contribution in [-0.4, -0.2) is 31.7 Å². The van der Waals surface area contributed by atoms with Gasteiger partial charge in [-0.25, -0.2) is 14.5 Å². The Kier molecular flexibility index (Phi) is 4.79. The fraction of sp³-hybridized carbons (Fsp3) is 0.316. The molecular formula is C19H19N5O4S. The number of pyridine rings is 1. The van der Waals surface area contributed by atoms with Gasteiger partial charge < -0.3 is 15.7 Å². The summed E-state index contributed by atoms with van der Waals surface area (Å²) < 4.78 is 2.08. The zero-order valence-corrected chi connectivity index (χ0v) is 16.6. The molecule has 0 aromatic carbocycles. The number of hydrogen-bond donors (Lipinski definition) is 3. The number of rotatable bonds is 6. The molecule has 0 atom stereocenters. The minimum atomic E-state index is -1.17. The lowest BCUT2D eigenvalue weighted by Crippen LogP contribution is -2.24. The van der Waals surface area contributed by atoms with E-state index >= 15 is 0 Å². The molecule has 9 nitrogen and oxygen atoms in total. The van der Waals surface area contributed by atoms with Gasteiger partial charge in [-0.2, -0.15) is 5.10 Å². The number of thiophene rings is 1. The highest BCUT2D eigenvalue weighted by Crippen LogP contribution is 2.33. The molecular weight excluding hydrogens is 394 g/mol. The largest absolute Gasteiger partial charge is 0.478 e. The molecule has 3 aromatic heterocycles. The molecule has 0 radical (unpaired) electrons. The second kappa shape index (κ2) is 7.28. The lowest BCUT2D eigenvalue weighted by molar-refractivity contribution is -0.117. The molecule has 1 fully saturated rings. The summed E-state index contributed by atoms with van der Waals surface area (Å²) in [5.41, 5.74) is 0.409. The van der Waals surface area contributed by atoms with Crippen LogP contribution in [0.4, 0.5) is 17.2 Å². The van der Waals surface area contributed by atoms with Crippen LogP contribution in [0.3, 0.4) is 0 Å². The summed E-state index contributed by atoms with van der Waals surface area (Å²) in [7, 11) is 0. The van der Waals surface area contributed by atoms with Gasteiger partial charge in [-0.05, 0) is 26.7 Å². The number of aromatic nitrogens is 3. The van der Waals surface area contributed by atoms with E-state index in [2.05, 4.69) is 20.7 Å². The fourth-order valence-electron chi connectivity index (χ4n) is 2.95. The fourth-order valence-corrected chi connectivity index (χ4v) is 3.79. The number of carbonyl (C=O) groups excluding carboxylic acids is 1. The highest BCUT2D eigenvalue weighted by molar-refractivity contribution is 7.17. The summed E-state index contributed by atoms with van der Waals surface area (Å²) in [5, 5.41) is 21.6. The Morgan fingerprint density at radius 1 is 1.28 bits per heavy atom. The number of aromatic carboxylic acids is 1. The van der Waals surface area contributed by atoms with Crippen LogP contribution in [0.2, 0.25) is 0 Å². The molecule has 150 valence electrons. The molecule has 1 aliphatic carbocycles. The maximum Gasteiger partial charge on any atom is 0.339 e. The first-order valence-corrected chi connectivity index (χ1v) is 10.0. The third-order valence-corrected chi connectivity index (χ3v) is 5.55. The van der Waals surface area contributed by atoms with Crippen molar-refractivity contribution >= 4 is 50.5 Å². The predicted molar refractivity (Wildman–Crippen MR) is 110 cm³/mol. The van der Waals surface area contributed by atoms with E-state index in [9.17, 15) is 19.5 Å². The standard InChI is InChI=1S/C19H19N5O4S/c1-9(2)24-18(26)16-13(8-29-14(16)7-21-24)22-12-5-15(20-6-11(12)19(27)28)23-17(25)10-3-4-10/h5-10H,3-4H2,1-2H3,(H,27,28)(H2,20,22,23,25). The van der Waals surface area contributed by atoms with Crippen molar-refractivity contribution < 1.29 is 14.7 Å². The number of amides is 1. The van der Waals surface area contributed by atoms with Crippen molar-refractivity contribution in [2.45, 2.75) is 32.7 Å². The Balaban J connectivity index is 1.74. The first kappa shape index (κ1) is 19.1. The molecule has 1 amide bonds. The molecule has 0 spiro atoms. The van der Waals surface area contributed by atoms with E-state index in [0.29, 0.717) is 15.8 Å². The second-order valence-corrected chi connectivity index (χ2v) is 8.10. The van der Waals surface area contributed by atoms with E-state index in [0.717, 1.165) is 12.8 Å². The molecule has 0 unspecified atom stereocenters. The van der Waals surface area contributed by atoms with Gasteiger partial charge in [0.2, 0.25) is 5.91 Å². The van der Waals surface area contributed by atoms with Crippen molar-refractivity contribution in [2.24, 2.45) is 5.92 Å². The Morgan fingerprint density at radius 3 is 2.69 bits per heavy atom. The summed E-state index contributed by atoms with van der Waals surface area (Å²) in [6, 6.07) is 1.36. The number of anilines is 3. The Bertz CT molecular complexity index is 1180. The number of nitrogens with one attached hydrogen (secondary N) is 2. The normalized spacial score (nSPS) is 13.6. The van der Waals surface area contributed by atoms with Gasteiger partial charge in [0.25, 0.3) is 5.56 Å². The first-order valence-electron chi connectivity index (χ1n) is 9.15. The minimum absolute atomic E-state index is 0.00447. The highest BCUT2D eigenvalue weighted by atomic mass is 32.1. The summed E-state index contributed by atoms with van der Waals surface area (Å²) in [5.74, 6) is -1.04. The van der Waals surface area contributed by atoms with Crippen LogP contribution in [-0.2, 0) is 4.79 Å². The van der Waals surface area contributed by atoms with E-state index in [1.807, 2.05) is 13.8 Å². The molecule has 0 bridgehead atoms. The van der Waals surface area contributed by atoms with Crippen LogP contribution in [0.15, 0.2) is 28.6 Å². The topological polar surface area (TPSA) is 126 Å². The third kappa shape index (κ3) is 3.70. The van der Waals surface area contributed by atoms with Gasteiger partial charge in [0.05, 0.1) is 33.7 Å². The Morgan fingerprint density at radius 2 is 2.03 bits per heavy atom. The van der Waals surface area contributed by atoms with Crippen molar-refractivity contribution in [3.05, 3.63) is 39.8 Å². The van der Waals surface area contributed by atoms with Gasteiger partial charge >= 0.3 is 5.97 Å². The third-order valence-electron chi connectivity index (χ3n) is 4.63. The van der Waals surface area contributed by atoms with Crippen molar-refractivity contribution in [3.8, 4) is 0 Å². The van der Waals surface area contributed by atoms with E-state index in [4.69, 9.17) is 0 Å². The summed E-state index contributed by atoms with van der Waals surface area (Å²) in [6.07, 6.45) is 4.51. The Hall–Kier alpha value is -3.27. The van der Waals surface area contributed by atoms with Crippen molar-refractivity contribution in [3.63, 3.8) is 0 Å². The molecule has 0 aliphatic heterocycles. The number of nitrogens with zero attached hydrogens (tertiary/aromatic N) is 3. The highest BCUT2D eigenvalue weighted by Gasteiger charge is 2.30. The maximum atomic E-state index is 12.8. The smallest absolute Gasteiger partial charge is 0.339 e. The van der Waals surface area contributed by atoms with Gasteiger partial charge in [0.15, 0.2) is 0 Å². The van der Waals surface area contributed by atoms with Crippen molar-refractivity contribution in [2.75, 3.05) is 10.6 Å². The number of fused-ring (bicyclic) bond motifs is 1. The number of carboxylic acids is 1. The van der Waals surface area contributed by atoms with Crippen LogP contribution < -0.4 is 16.2 Å². The average molecular weight is 413 g/mol. The lowest BCUT2D eigenvalue weighted by atomic mass is 10.2. The number of hydrogen-bond acceptors (Lipinski definition) is 7. The molecule has 3 heterocycles. The molecule has 3 aromatic rings. The average Bonchev–Trinajstić information content (AvgIpc) is 3.44. The van der Waals surface area contributed by atoms with Gasteiger partial charge in [0.1, 0.15) is 11.4 Å². The van der Waals surface area contributed by atoms with E-state index in [1.165, 1.54) is 28.3 Å². The summed E-state index contributed by atoms with van der Waals surface area (Å²) >= 11 is 1.34. The first-order chi connectivity index (χ1) is 13.8. The predicted octanol–water partition coefficient (Wildman–Crippen LogP) is 3.22. The van der Waals surface area contributed by atoms with Crippen molar-refractivity contribution in [1.82, 2.24) is 14.8 Å². The van der Waals surface area contributed by atoms with E-state index in [-0.39, 0.29) is 40.5 Å². The van der Waals surface area contributed by atoms with Gasteiger partial charge in [-0.3, -0.25) is 9.59 Å². The molecule has 10 heteroatoms. The van der Waals surface area contributed by atoms with Crippen LogP contribution in [0, 0.1) is 5.92 Å². The van der Waals surface area contributed by atoms with Gasteiger partial charge in [-0.15, -0.1) is 11.3 Å². The molecule has 1 aliphatic rings. The van der Waals surface area contributed by atoms with E-state index < -0.39 is 5.97 Å². The van der Waals surface area contributed by atoms with Gasteiger partial charge in [-0.1, -0.05) is 0 Å². The molecule has 1 saturated carbocycles. The van der Waals surface area contributed by atoms with Crippen LogP contribution >= 0.6 is 11.3 Å². The second-order valence-electron chi connectivity index (χ2n) is 7.19. The van der Waals surface area contributed by atoms with Crippen LogP contribution in [0.25, 0.3) is 10.1 Å². The maximum absolute atomic E-state index is 12.8. The minimum Gasteiger partial charge on any atom is -0.478 e. The zero-order chi connectivity index (χ0) is 20.7. The molecule has 3 N–H and O–H groups in total. The number of carbonyl (C=O) groups is 2. The summed E-state index contributed by atoms with van der Waals surface area (Å²) in [4.78, 5) is 40.5. The SMILES string of the molecule is CC(C)n1ncc2scc(Nc3cc(NC(=O)C4CC4)ncc3C(=O)O)c2c1=O. The zero-order valence-electron chi connectivity index (χ0n) is 15.8. The molecule has 0 saturated heterocycles. The van der Waals surface area contributed by atoms with Crippen LogP contribution in [0.1, 0.15) is 43.1 Å². The quantitative estimate of drug-likeness (QED) is 0.566. The summed E-state index contributed by atoms with van der Waals surface area (Å²) in [6.45, 7) is 3.72. The van der Waals surface area contributed by atoms with Gasteiger partial charge in [0, 0.05) is 23.6 Å². The molecule has 4 rings (SSSR count). The van der Waals surface area contributed by atoms with Crippen molar-refractivity contribution in [1.29, 1.82) is 0 Å². The Labute approximate surface area is 169 Å². The monoisotopic (exact) mass is 413 g/mol. The molecule has 29 heavy (non-hydrogen) atoms. The van der Waals surface area contributed by atoms with Crippen LogP contribution in [0.5, 0.6) is 0 Å². The lowest BCUT2D eigenvalue weighted by Gasteiger charge is -2.12. The van der Waals surface area contributed by atoms with E-state index in [1.54, 1.807) is 11.6 Å². The number of carboxylic acid groups (broad SMARTS) is 1.